The SMILES string of the molecule is CC1=CS[C@@H]2SC(C3=NN[C@@](O)(C(F)(F)F)C3)=C(C)[C@H]12. The Hall–Kier alpha value is -0.600. The first-order valence-electron chi connectivity index (χ1n) is 6.06. The Morgan fingerprint density at radius 3 is 2.70 bits per heavy atom. The normalized spacial score (nSPS) is 36.9. The summed E-state index contributed by atoms with van der Waals surface area (Å²) in [6.07, 6.45) is -5.28. The first-order chi connectivity index (χ1) is 9.23. The Labute approximate surface area is 122 Å². The molecular weight excluding hydrogens is 309 g/mol. The highest BCUT2D eigenvalue weighted by Crippen LogP contribution is 2.55. The lowest BCUT2D eigenvalue weighted by atomic mass is 9.94. The van der Waals surface area contributed by atoms with E-state index in [1.807, 2.05) is 19.3 Å². The van der Waals surface area contributed by atoms with Crippen molar-refractivity contribution in [1.29, 1.82) is 0 Å². The molecule has 0 spiro atoms. The van der Waals surface area contributed by atoms with Gasteiger partial charge in [-0.1, -0.05) is 5.57 Å². The van der Waals surface area contributed by atoms with Crippen LogP contribution >= 0.6 is 23.5 Å². The molecule has 3 aliphatic rings. The van der Waals surface area contributed by atoms with Crippen molar-refractivity contribution in [3.8, 4) is 0 Å². The van der Waals surface area contributed by atoms with Crippen molar-refractivity contribution in [1.82, 2.24) is 5.43 Å². The van der Waals surface area contributed by atoms with Gasteiger partial charge in [0.2, 0.25) is 0 Å². The summed E-state index contributed by atoms with van der Waals surface area (Å²) in [4.78, 5) is 0.785. The van der Waals surface area contributed by atoms with E-state index in [1.54, 1.807) is 23.5 Å². The Balaban J connectivity index is 1.85. The summed E-state index contributed by atoms with van der Waals surface area (Å²) in [5.41, 5.74) is 1.49. The minimum Gasteiger partial charge on any atom is -0.362 e. The van der Waals surface area contributed by atoms with E-state index in [2.05, 4.69) is 10.5 Å². The fourth-order valence-electron chi connectivity index (χ4n) is 2.60. The van der Waals surface area contributed by atoms with Gasteiger partial charge in [0, 0.05) is 10.8 Å². The smallest absolute Gasteiger partial charge is 0.362 e. The Bertz CT molecular complexity index is 555. The van der Waals surface area contributed by atoms with Crippen LogP contribution in [-0.4, -0.2) is 27.3 Å². The van der Waals surface area contributed by atoms with E-state index in [9.17, 15) is 18.3 Å². The molecule has 8 heteroatoms. The highest BCUT2D eigenvalue weighted by Gasteiger charge is 2.58. The van der Waals surface area contributed by atoms with Crippen LogP contribution in [0.5, 0.6) is 0 Å². The molecule has 0 aromatic rings. The molecule has 0 unspecified atom stereocenters. The van der Waals surface area contributed by atoms with Crippen LogP contribution in [0, 0.1) is 5.92 Å². The molecule has 0 aliphatic carbocycles. The van der Waals surface area contributed by atoms with Gasteiger partial charge < -0.3 is 5.11 Å². The van der Waals surface area contributed by atoms with E-state index in [1.165, 1.54) is 5.57 Å². The molecule has 20 heavy (non-hydrogen) atoms. The van der Waals surface area contributed by atoms with Crippen LogP contribution in [0.25, 0.3) is 0 Å². The number of halogens is 3. The molecule has 3 aliphatic heterocycles. The van der Waals surface area contributed by atoms with Gasteiger partial charge in [-0.3, -0.25) is 5.43 Å². The minimum atomic E-state index is -4.74. The van der Waals surface area contributed by atoms with Crippen molar-refractivity contribution in [2.45, 2.75) is 36.8 Å². The molecule has 0 amide bonds. The van der Waals surface area contributed by atoms with Gasteiger partial charge in [-0.15, -0.1) is 23.5 Å². The average Bonchev–Trinajstić information content (AvgIpc) is 2.97. The van der Waals surface area contributed by atoms with Gasteiger partial charge in [-0.05, 0) is 24.8 Å². The lowest BCUT2D eigenvalue weighted by Crippen LogP contribution is -2.52. The monoisotopic (exact) mass is 322 g/mol. The third-order valence-corrected chi connectivity index (χ3v) is 6.71. The molecule has 0 saturated heterocycles. The number of nitrogens with one attached hydrogen (secondary N) is 1. The molecule has 0 aromatic heterocycles. The summed E-state index contributed by atoms with van der Waals surface area (Å²) in [7, 11) is 0. The number of hydrazone groups is 1. The largest absolute Gasteiger partial charge is 0.438 e. The van der Waals surface area contributed by atoms with Gasteiger partial charge in [0.05, 0.1) is 16.7 Å². The molecule has 3 heterocycles. The third kappa shape index (κ3) is 2.00. The maximum atomic E-state index is 12.8. The summed E-state index contributed by atoms with van der Waals surface area (Å²) < 4.78 is 38.6. The quantitative estimate of drug-likeness (QED) is 0.778. The van der Waals surface area contributed by atoms with Crippen molar-refractivity contribution in [2.75, 3.05) is 0 Å². The van der Waals surface area contributed by atoms with E-state index in [0.29, 0.717) is 5.71 Å². The van der Waals surface area contributed by atoms with Crippen molar-refractivity contribution in [3.05, 3.63) is 21.5 Å². The van der Waals surface area contributed by atoms with Crippen molar-refractivity contribution in [2.24, 2.45) is 11.0 Å². The zero-order chi connectivity index (χ0) is 14.7. The first-order valence-corrected chi connectivity index (χ1v) is 7.88. The number of aliphatic hydroxyl groups is 1. The maximum absolute atomic E-state index is 12.8. The van der Waals surface area contributed by atoms with E-state index >= 15 is 0 Å². The Morgan fingerprint density at radius 2 is 2.15 bits per heavy atom. The van der Waals surface area contributed by atoms with Crippen LogP contribution < -0.4 is 5.43 Å². The number of nitrogens with zero attached hydrogens (tertiary/aromatic N) is 1. The van der Waals surface area contributed by atoms with Gasteiger partial charge in [-0.2, -0.15) is 18.3 Å². The predicted octanol–water partition coefficient (Wildman–Crippen LogP) is 3.20. The van der Waals surface area contributed by atoms with Crippen molar-refractivity contribution >= 4 is 29.2 Å². The molecule has 3 rings (SSSR count). The van der Waals surface area contributed by atoms with Crippen LogP contribution in [0.1, 0.15) is 20.3 Å². The summed E-state index contributed by atoms with van der Waals surface area (Å²) in [5.74, 6) is 0.266. The first kappa shape index (κ1) is 14.3. The fourth-order valence-corrected chi connectivity index (χ4v) is 5.71. The summed E-state index contributed by atoms with van der Waals surface area (Å²) in [5, 5.41) is 15.4. The molecule has 2 N–H and O–H groups in total. The lowest BCUT2D eigenvalue weighted by Gasteiger charge is -2.24. The maximum Gasteiger partial charge on any atom is 0.438 e. The number of rotatable bonds is 1. The molecule has 3 atom stereocenters. The van der Waals surface area contributed by atoms with Crippen LogP contribution in [0.15, 0.2) is 26.6 Å². The van der Waals surface area contributed by atoms with E-state index < -0.39 is 18.3 Å². The second-order valence-electron chi connectivity index (χ2n) is 5.18. The summed E-state index contributed by atoms with van der Waals surface area (Å²) >= 11 is 3.23. The predicted molar refractivity (Wildman–Crippen MR) is 75.1 cm³/mol. The van der Waals surface area contributed by atoms with Crippen LogP contribution in [0.3, 0.4) is 0 Å². The van der Waals surface area contributed by atoms with Gasteiger partial charge in [0.1, 0.15) is 0 Å². The highest BCUT2D eigenvalue weighted by atomic mass is 32.2. The molecular formula is C12H13F3N2OS2. The molecule has 110 valence electrons. The number of alkyl halides is 3. The zero-order valence-corrected chi connectivity index (χ0v) is 12.4. The minimum absolute atomic E-state index is 0.266. The number of hydrogen-bond acceptors (Lipinski definition) is 5. The third-order valence-electron chi connectivity index (χ3n) is 3.74. The van der Waals surface area contributed by atoms with Gasteiger partial charge in [0.25, 0.3) is 5.72 Å². The summed E-state index contributed by atoms with van der Waals surface area (Å²) in [6.45, 7) is 3.97. The van der Waals surface area contributed by atoms with Gasteiger partial charge in [-0.25, -0.2) is 0 Å². The molecule has 0 radical (unpaired) electrons. The molecule has 0 saturated carbocycles. The van der Waals surface area contributed by atoms with E-state index in [4.69, 9.17) is 0 Å². The number of hydrogen-bond donors (Lipinski definition) is 2. The van der Waals surface area contributed by atoms with Gasteiger partial charge >= 0.3 is 6.18 Å². The molecule has 0 fully saturated rings. The zero-order valence-electron chi connectivity index (χ0n) is 10.8. The Kier molecular flexibility index (Phi) is 3.19. The van der Waals surface area contributed by atoms with Crippen LogP contribution in [0.4, 0.5) is 13.2 Å². The highest BCUT2D eigenvalue weighted by molar-refractivity contribution is 8.20. The van der Waals surface area contributed by atoms with E-state index in [-0.39, 0.29) is 10.5 Å². The topological polar surface area (TPSA) is 44.6 Å². The summed E-state index contributed by atoms with van der Waals surface area (Å²) in [6, 6.07) is 0. The van der Waals surface area contributed by atoms with Gasteiger partial charge in [0.15, 0.2) is 0 Å². The molecule has 3 nitrogen and oxygen atoms in total. The fraction of sp³-hybridized carbons (Fsp3) is 0.583. The van der Waals surface area contributed by atoms with Crippen molar-refractivity contribution in [3.63, 3.8) is 0 Å². The number of thioether (sulfide) groups is 2. The lowest BCUT2D eigenvalue weighted by molar-refractivity contribution is -0.266. The van der Waals surface area contributed by atoms with Crippen LogP contribution in [0.2, 0.25) is 0 Å². The number of fused-ring (bicyclic) bond motifs is 1. The second kappa shape index (κ2) is 4.45. The van der Waals surface area contributed by atoms with Crippen molar-refractivity contribution < 1.29 is 18.3 Å². The number of allylic oxidation sites excluding steroid dienone is 3. The standard InChI is InChI=1S/C12H13F3N2OS2/c1-5-4-19-10-8(5)6(2)9(20-10)7-3-11(18,17-16-7)12(13,14)15/h4,8,10,17-18H,3H2,1-2H3/t8-,10+,11-/m0/s1. The second-order valence-corrected chi connectivity index (χ2v) is 7.65. The molecule has 0 bridgehead atoms. The molecule has 0 aromatic carbocycles. The Morgan fingerprint density at radius 1 is 1.45 bits per heavy atom. The van der Waals surface area contributed by atoms with E-state index in [0.717, 1.165) is 10.5 Å². The average molecular weight is 322 g/mol. The van der Waals surface area contributed by atoms with Crippen LogP contribution in [-0.2, 0) is 0 Å².